The molecule has 0 saturated heterocycles. The smallest absolute Gasteiger partial charge is 0.343 e. The van der Waals surface area contributed by atoms with Gasteiger partial charge in [-0.3, -0.25) is 0 Å². The lowest BCUT2D eigenvalue weighted by molar-refractivity contribution is -0.142. The normalized spacial score (nSPS) is 10.8. The first kappa shape index (κ1) is 23.3. The summed E-state index contributed by atoms with van der Waals surface area (Å²) >= 11 is 6.98. The lowest BCUT2D eigenvalue weighted by Gasteiger charge is -2.06. The Morgan fingerprint density at radius 2 is 1.58 bits per heavy atom. The Morgan fingerprint density at radius 1 is 0.909 bits per heavy atom. The highest BCUT2D eigenvalue weighted by Crippen LogP contribution is 2.34. The highest BCUT2D eigenvalue weighted by molar-refractivity contribution is 9.10. The van der Waals surface area contributed by atoms with Gasteiger partial charge < -0.3 is 13.9 Å². The fraction of sp³-hybridized carbons (Fsp3) is 0.154. The quantitative estimate of drug-likeness (QED) is 0.216. The van der Waals surface area contributed by atoms with Gasteiger partial charge in [-0.2, -0.15) is 0 Å². The van der Waals surface area contributed by atoms with Crippen LogP contribution in [0.1, 0.15) is 11.5 Å². The fourth-order valence-electron chi connectivity index (χ4n) is 3.31. The topological polar surface area (TPSA) is 61.6 Å². The SMILES string of the molecule is COC(=O)COc1cccc(CCc2nc(-c3ccc(Br)cc3)c(-c3ccc(Br)cc3)o2)c1. The van der Waals surface area contributed by atoms with E-state index in [1.807, 2.05) is 72.8 Å². The van der Waals surface area contributed by atoms with Crippen molar-refractivity contribution < 1.29 is 18.7 Å². The number of nitrogens with zero attached hydrogens (tertiary/aromatic N) is 1. The van der Waals surface area contributed by atoms with E-state index in [-0.39, 0.29) is 6.61 Å². The van der Waals surface area contributed by atoms with Crippen molar-refractivity contribution in [1.29, 1.82) is 0 Å². The van der Waals surface area contributed by atoms with Crippen LogP contribution < -0.4 is 4.74 Å². The molecule has 0 spiro atoms. The molecule has 4 aromatic rings. The molecule has 1 heterocycles. The monoisotopic (exact) mass is 569 g/mol. The van der Waals surface area contributed by atoms with E-state index in [1.54, 1.807) is 0 Å². The van der Waals surface area contributed by atoms with Crippen LogP contribution in [0.2, 0.25) is 0 Å². The molecule has 0 N–H and O–H groups in total. The Kier molecular flexibility index (Phi) is 7.62. The number of methoxy groups -OCH3 is 1. The van der Waals surface area contributed by atoms with E-state index in [0.717, 1.165) is 43.5 Å². The number of hydrogen-bond donors (Lipinski definition) is 0. The predicted molar refractivity (Wildman–Crippen MR) is 134 cm³/mol. The maximum Gasteiger partial charge on any atom is 0.343 e. The number of ether oxygens (including phenoxy) is 2. The summed E-state index contributed by atoms with van der Waals surface area (Å²) in [6.07, 6.45) is 1.34. The van der Waals surface area contributed by atoms with E-state index in [2.05, 4.69) is 36.6 Å². The summed E-state index contributed by atoms with van der Waals surface area (Å²) in [6, 6.07) is 23.7. The van der Waals surface area contributed by atoms with Gasteiger partial charge in [0.15, 0.2) is 18.3 Å². The maximum absolute atomic E-state index is 11.3. The molecule has 1 aromatic heterocycles. The molecule has 33 heavy (non-hydrogen) atoms. The first-order chi connectivity index (χ1) is 16.0. The van der Waals surface area contributed by atoms with Crippen molar-refractivity contribution in [2.45, 2.75) is 12.8 Å². The average Bonchev–Trinajstić information content (AvgIpc) is 3.26. The zero-order valence-electron chi connectivity index (χ0n) is 17.9. The number of benzene rings is 3. The molecule has 0 saturated carbocycles. The zero-order chi connectivity index (χ0) is 23.2. The Hall–Kier alpha value is -2.90. The minimum atomic E-state index is -0.416. The molecule has 0 aliphatic carbocycles. The second-order valence-electron chi connectivity index (χ2n) is 7.31. The molecule has 0 aliphatic heterocycles. The fourth-order valence-corrected chi connectivity index (χ4v) is 3.84. The van der Waals surface area contributed by atoms with Gasteiger partial charge in [0.25, 0.3) is 0 Å². The van der Waals surface area contributed by atoms with Crippen molar-refractivity contribution in [2.24, 2.45) is 0 Å². The zero-order valence-corrected chi connectivity index (χ0v) is 21.1. The van der Waals surface area contributed by atoms with E-state index in [0.29, 0.717) is 18.1 Å². The molecule has 4 rings (SSSR count). The van der Waals surface area contributed by atoms with Gasteiger partial charge in [0.1, 0.15) is 11.4 Å². The van der Waals surface area contributed by atoms with Crippen LogP contribution in [0.25, 0.3) is 22.6 Å². The molecule has 168 valence electrons. The van der Waals surface area contributed by atoms with Crippen LogP contribution in [-0.2, 0) is 22.4 Å². The third-order valence-corrected chi connectivity index (χ3v) is 6.06. The molecule has 3 aromatic carbocycles. The average molecular weight is 571 g/mol. The summed E-state index contributed by atoms with van der Waals surface area (Å²) in [4.78, 5) is 16.1. The summed E-state index contributed by atoms with van der Waals surface area (Å²) in [7, 11) is 1.34. The van der Waals surface area contributed by atoms with Gasteiger partial charge in [-0.25, -0.2) is 9.78 Å². The molecule has 0 fully saturated rings. The van der Waals surface area contributed by atoms with E-state index in [1.165, 1.54) is 7.11 Å². The largest absolute Gasteiger partial charge is 0.482 e. The lowest BCUT2D eigenvalue weighted by Crippen LogP contribution is -2.12. The molecular weight excluding hydrogens is 550 g/mol. The third-order valence-electron chi connectivity index (χ3n) is 5.01. The van der Waals surface area contributed by atoms with E-state index in [9.17, 15) is 4.79 Å². The van der Waals surface area contributed by atoms with Crippen LogP contribution in [0.5, 0.6) is 5.75 Å². The first-order valence-electron chi connectivity index (χ1n) is 10.3. The minimum Gasteiger partial charge on any atom is -0.482 e. The van der Waals surface area contributed by atoms with E-state index in [4.69, 9.17) is 14.1 Å². The Balaban J connectivity index is 1.56. The minimum absolute atomic E-state index is 0.118. The number of hydrogen-bond acceptors (Lipinski definition) is 5. The Labute approximate surface area is 209 Å². The van der Waals surface area contributed by atoms with Crippen molar-refractivity contribution in [2.75, 3.05) is 13.7 Å². The van der Waals surface area contributed by atoms with Gasteiger partial charge >= 0.3 is 5.97 Å². The highest BCUT2D eigenvalue weighted by Gasteiger charge is 2.17. The second-order valence-corrected chi connectivity index (χ2v) is 9.14. The first-order valence-corrected chi connectivity index (χ1v) is 11.9. The number of carbonyl (C=O) groups is 1. The number of aryl methyl sites for hydroxylation is 2. The van der Waals surface area contributed by atoms with Gasteiger partial charge in [-0.15, -0.1) is 0 Å². The standard InChI is InChI=1S/C26H21Br2NO4/c1-31-24(30)16-32-22-4-2-3-17(15-22)5-14-23-29-25(18-6-10-20(27)11-7-18)26(33-23)19-8-12-21(28)13-9-19/h2-4,6-13,15H,5,14,16H2,1H3. The molecule has 0 amide bonds. The summed E-state index contributed by atoms with van der Waals surface area (Å²) in [6.45, 7) is -0.118. The van der Waals surface area contributed by atoms with Crippen molar-refractivity contribution in [1.82, 2.24) is 4.98 Å². The summed E-state index contributed by atoms with van der Waals surface area (Å²) < 4.78 is 18.4. The van der Waals surface area contributed by atoms with Crippen molar-refractivity contribution >= 4 is 37.8 Å². The maximum atomic E-state index is 11.3. The molecular formula is C26H21Br2NO4. The number of halogens is 2. The molecule has 0 radical (unpaired) electrons. The van der Waals surface area contributed by atoms with Crippen molar-refractivity contribution in [3.05, 3.63) is 93.2 Å². The summed E-state index contributed by atoms with van der Waals surface area (Å²) in [5, 5.41) is 0. The van der Waals surface area contributed by atoms with Gasteiger partial charge in [-0.1, -0.05) is 68.3 Å². The molecule has 7 heteroatoms. The highest BCUT2D eigenvalue weighted by atomic mass is 79.9. The number of esters is 1. The van der Waals surface area contributed by atoms with E-state index >= 15 is 0 Å². The number of oxazole rings is 1. The van der Waals surface area contributed by atoms with Crippen LogP contribution in [-0.4, -0.2) is 24.7 Å². The van der Waals surface area contributed by atoms with E-state index < -0.39 is 5.97 Å². The van der Waals surface area contributed by atoms with Crippen molar-refractivity contribution in [3.8, 4) is 28.3 Å². The van der Waals surface area contributed by atoms with Crippen LogP contribution in [0, 0.1) is 0 Å². The van der Waals surface area contributed by atoms with Gasteiger partial charge in [0.2, 0.25) is 0 Å². The third kappa shape index (κ3) is 6.12. The Morgan fingerprint density at radius 3 is 2.24 bits per heavy atom. The van der Waals surface area contributed by atoms with Gasteiger partial charge in [0.05, 0.1) is 7.11 Å². The molecule has 0 atom stereocenters. The molecule has 0 unspecified atom stereocenters. The summed E-state index contributed by atoms with van der Waals surface area (Å²) in [5.41, 5.74) is 3.83. The summed E-state index contributed by atoms with van der Waals surface area (Å²) in [5.74, 6) is 1.61. The molecule has 0 bridgehead atoms. The lowest BCUT2D eigenvalue weighted by atomic mass is 10.1. The number of rotatable bonds is 8. The van der Waals surface area contributed by atoms with Crippen LogP contribution in [0.4, 0.5) is 0 Å². The van der Waals surface area contributed by atoms with Crippen molar-refractivity contribution in [3.63, 3.8) is 0 Å². The van der Waals surface area contributed by atoms with Gasteiger partial charge in [-0.05, 0) is 48.4 Å². The van der Waals surface area contributed by atoms with Crippen LogP contribution in [0.3, 0.4) is 0 Å². The van der Waals surface area contributed by atoms with Gasteiger partial charge in [0, 0.05) is 26.5 Å². The second kappa shape index (κ2) is 10.8. The number of aromatic nitrogens is 1. The number of carbonyl (C=O) groups excluding carboxylic acids is 1. The molecule has 0 aliphatic rings. The van der Waals surface area contributed by atoms with Crippen LogP contribution in [0.15, 0.2) is 86.2 Å². The van der Waals surface area contributed by atoms with Crippen LogP contribution >= 0.6 is 31.9 Å². The Bertz CT molecular complexity index is 1170. The predicted octanol–water partition coefficient (Wildman–Crippen LogP) is 6.87. The molecule has 5 nitrogen and oxygen atoms in total.